The van der Waals surface area contributed by atoms with Gasteiger partial charge in [-0.3, -0.25) is 4.79 Å². The van der Waals surface area contributed by atoms with E-state index in [-0.39, 0.29) is 11.7 Å². The number of thioether (sulfide) groups is 1. The van der Waals surface area contributed by atoms with Gasteiger partial charge in [0.15, 0.2) is 0 Å². The Morgan fingerprint density at radius 2 is 1.87 bits per heavy atom. The molecule has 23 heavy (non-hydrogen) atoms. The Bertz CT molecular complexity index is 661. The predicted molar refractivity (Wildman–Crippen MR) is 90.8 cm³/mol. The van der Waals surface area contributed by atoms with Crippen molar-refractivity contribution in [2.24, 2.45) is 5.92 Å². The van der Waals surface area contributed by atoms with Crippen LogP contribution in [0.4, 0.5) is 4.39 Å². The summed E-state index contributed by atoms with van der Waals surface area (Å²) < 4.78 is 13.9. The molecule has 1 aliphatic rings. The van der Waals surface area contributed by atoms with E-state index in [1.165, 1.54) is 17.8 Å². The molecule has 1 heterocycles. The molecule has 5 heteroatoms. The molecule has 1 unspecified atom stereocenters. The molecule has 2 aromatic rings. The molecule has 1 amide bonds. The fraction of sp³-hybridized carbons (Fsp3) is 0.278. The first-order chi connectivity index (χ1) is 11.2. The van der Waals surface area contributed by atoms with Crippen molar-refractivity contribution in [1.29, 1.82) is 0 Å². The van der Waals surface area contributed by atoms with E-state index in [4.69, 9.17) is 0 Å². The van der Waals surface area contributed by atoms with Crippen LogP contribution < -0.4 is 10.6 Å². The Morgan fingerprint density at radius 1 is 1.17 bits per heavy atom. The van der Waals surface area contributed by atoms with Gasteiger partial charge in [-0.05, 0) is 17.7 Å². The Hall–Kier alpha value is -1.85. The molecule has 3 nitrogen and oxygen atoms in total. The number of halogens is 1. The van der Waals surface area contributed by atoms with E-state index in [9.17, 15) is 9.18 Å². The summed E-state index contributed by atoms with van der Waals surface area (Å²) in [6, 6.07) is 16.1. The molecular weight excluding hydrogens is 311 g/mol. The molecule has 1 fully saturated rings. The number of rotatable bonds is 6. The minimum Gasteiger partial charge on any atom is -0.354 e. The van der Waals surface area contributed by atoms with Gasteiger partial charge in [0.2, 0.25) is 5.91 Å². The van der Waals surface area contributed by atoms with E-state index >= 15 is 0 Å². The first kappa shape index (κ1) is 16.0. The van der Waals surface area contributed by atoms with E-state index in [0.29, 0.717) is 17.4 Å². The minimum absolute atomic E-state index is 0.0728. The number of benzene rings is 2. The van der Waals surface area contributed by atoms with Crippen LogP contribution in [0.2, 0.25) is 0 Å². The maximum Gasteiger partial charge on any atom is 0.238 e. The van der Waals surface area contributed by atoms with E-state index in [1.807, 2.05) is 30.3 Å². The van der Waals surface area contributed by atoms with Gasteiger partial charge in [-0.25, -0.2) is 4.39 Å². The third-order valence-corrected chi connectivity index (χ3v) is 5.16. The standard InChI is InChI=1S/C18H19FN2OS/c19-15-8-4-5-9-16(15)23-17(14-6-2-1-3-7-14)18(22)21-12-13-10-20-11-13/h1-9,13,17,20H,10-12H2,(H,21,22). The van der Waals surface area contributed by atoms with Gasteiger partial charge in [0.1, 0.15) is 11.1 Å². The lowest BCUT2D eigenvalue weighted by atomic mass is 10.0. The smallest absolute Gasteiger partial charge is 0.238 e. The highest BCUT2D eigenvalue weighted by Crippen LogP contribution is 2.36. The van der Waals surface area contributed by atoms with Crippen molar-refractivity contribution in [2.75, 3.05) is 19.6 Å². The third-order valence-electron chi connectivity index (χ3n) is 3.85. The van der Waals surface area contributed by atoms with Crippen LogP contribution in [0.15, 0.2) is 59.5 Å². The predicted octanol–water partition coefficient (Wildman–Crippen LogP) is 2.99. The first-order valence-electron chi connectivity index (χ1n) is 7.68. The normalized spacial score (nSPS) is 15.7. The summed E-state index contributed by atoms with van der Waals surface area (Å²) in [7, 11) is 0. The van der Waals surface area contributed by atoms with Crippen molar-refractivity contribution in [3.05, 3.63) is 66.0 Å². The van der Waals surface area contributed by atoms with Gasteiger partial charge in [0.25, 0.3) is 0 Å². The van der Waals surface area contributed by atoms with Crippen molar-refractivity contribution in [3.63, 3.8) is 0 Å². The van der Waals surface area contributed by atoms with Crippen molar-refractivity contribution < 1.29 is 9.18 Å². The molecule has 1 aliphatic heterocycles. The van der Waals surface area contributed by atoms with E-state index in [0.717, 1.165) is 18.7 Å². The van der Waals surface area contributed by atoms with Crippen LogP contribution in [0, 0.1) is 11.7 Å². The Morgan fingerprint density at radius 3 is 2.52 bits per heavy atom. The van der Waals surface area contributed by atoms with Crippen LogP contribution in [0.25, 0.3) is 0 Å². The molecule has 3 rings (SSSR count). The quantitative estimate of drug-likeness (QED) is 0.800. The summed E-state index contributed by atoms with van der Waals surface area (Å²) in [6.45, 7) is 2.54. The molecule has 0 radical (unpaired) electrons. The molecule has 0 bridgehead atoms. The zero-order valence-electron chi connectivity index (χ0n) is 12.7. The van der Waals surface area contributed by atoms with Crippen molar-refractivity contribution >= 4 is 17.7 Å². The topological polar surface area (TPSA) is 41.1 Å². The molecule has 0 saturated carbocycles. The number of carbonyl (C=O) groups is 1. The van der Waals surface area contributed by atoms with Gasteiger partial charge < -0.3 is 10.6 Å². The lowest BCUT2D eigenvalue weighted by Gasteiger charge is -2.28. The molecule has 1 saturated heterocycles. The van der Waals surface area contributed by atoms with Gasteiger partial charge in [0, 0.05) is 30.4 Å². The zero-order chi connectivity index (χ0) is 16.1. The minimum atomic E-state index is -0.457. The molecule has 2 aromatic carbocycles. The number of amides is 1. The van der Waals surface area contributed by atoms with E-state index < -0.39 is 5.25 Å². The highest BCUT2D eigenvalue weighted by molar-refractivity contribution is 8.00. The molecular formula is C18H19FN2OS. The number of hydrogen-bond donors (Lipinski definition) is 2. The van der Waals surface area contributed by atoms with Gasteiger partial charge in [-0.2, -0.15) is 0 Å². The largest absolute Gasteiger partial charge is 0.354 e. The number of nitrogens with one attached hydrogen (secondary N) is 2. The highest BCUT2D eigenvalue weighted by atomic mass is 32.2. The van der Waals surface area contributed by atoms with Gasteiger partial charge >= 0.3 is 0 Å². The molecule has 120 valence electrons. The van der Waals surface area contributed by atoms with Gasteiger partial charge in [-0.1, -0.05) is 42.5 Å². The molecule has 0 aliphatic carbocycles. The summed E-state index contributed by atoms with van der Waals surface area (Å²) >= 11 is 1.25. The Labute approximate surface area is 139 Å². The highest BCUT2D eigenvalue weighted by Gasteiger charge is 2.25. The summed E-state index contributed by atoms with van der Waals surface area (Å²) in [5, 5.41) is 5.73. The van der Waals surface area contributed by atoms with Crippen molar-refractivity contribution in [3.8, 4) is 0 Å². The van der Waals surface area contributed by atoms with Crippen LogP contribution >= 0.6 is 11.8 Å². The van der Waals surface area contributed by atoms with Crippen LogP contribution in [0.5, 0.6) is 0 Å². The SMILES string of the molecule is O=C(NCC1CNC1)C(Sc1ccccc1F)c1ccccc1. The second-order valence-corrected chi connectivity index (χ2v) is 6.76. The lowest BCUT2D eigenvalue weighted by Crippen LogP contribution is -2.48. The fourth-order valence-electron chi connectivity index (χ4n) is 2.40. The van der Waals surface area contributed by atoms with Crippen LogP contribution in [-0.2, 0) is 4.79 Å². The van der Waals surface area contributed by atoms with Gasteiger partial charge in [-0.15, -0.1) is 11.8 Å². The first-order valence-corrected chi connectivity index (χ1v) is 8.56. The second-order valence-electron chi connectivity index (χ2n) is 5.61. The second kappa shape index (κ2) is 7.62. The Kier molecular flexibility index (Phi) is 5.31. The third kappa shape index (κ3) is 4.12. The maximum atomic E-state index is 13.9. The van der Waals surface area contributed by atoms with Crippen LogP contribution in [-0.4, -0.2) is 25.5 Å². The monoisotopic (exact) mass is 330 g/mol. The van der Waals surface area contributed by atoms with E-state index in [2.05, 4.69) is 10.6 Å². The molecule has 1 atom stereocenters. The average molecular weight is 330 g/mol. The lowest BCUT2D eigenvalue weighted by molar-refractivity contribution is -0.120. The Balaban J connectivity index is 1.76. The average Bonchev–Trinajstić information content (AvgIpc) is 2.53. The number of carbonyl (C=O) groups excluding carboxylic acids is 1. The fourth-order valence-corrected chi connectivity index (χ4v) is 3.47. The molecule has 0 aromatic heterocycles. The summed E-state index contributed by atoms with van der Waals surface area (Å²) in [6.07, 6.45) is 0. The summed E-state index contributed by atoms with van der Waals surface area (Å²) in [5.74, 6) is 0.125. The van der Waals surface area contributed by atoms with Gasteiger partial charge in [0.05, 0.1) is 0 Å². The van der Waals surface area contributed by atoms with Crippen molar-refractivity contribution in [1.82, 2.24) is 10.6 Å². The summed E-state index contributed by atoms with van der Waals surface area (Å²) in [5.41, 5.74) is 0.880. The van der Waals surface area contributed by atoms with E-state index in [1.54, 1.807) is 18.2 Å². The zero-order valence-corrected chi connectivity index (χ0v) is 13.5. The molecule has 2 N–H and O–H groups in total. The number of hydrogen-bond acceptors (Lipinski definition) is 3. The molecule has 0 spiro atoms. The summed E-state index contributed by atoms with van der Waals surface area (Å²) in [4.78, 5) is 13.1. The maximum absolute atomic E-state index is 13.9. The van der Waals surface area contributed by atoms with Crippen LogP contribution in [0.1, 0.15) is 10.8 Å². The van der Waals surface area contributed by atoms with Crippen molar-refractivity contribution in [2.45, 2.75) is 10.1 Å². The van der Waals surface area contributed by atoms with Crippen LogP contribution in [0.3, 0.4) is 0 Å².